The molecule has 76 valence electrons. The maximum atomic E-state index is 11.4. The van der Waals surface area contributed by atoms with Crippen molar-refractivity contribution < 1.29 is 8.42 Å². The minimum Gasteiger partial charge on any atom is -0.330 e. The summed E-state index contributed by atoms with van der Waals surface area (Å²) in [4.78, 5) is 0. The van der Waals surface area contributed by atoms with Crippen LogP contribution in [0, 0.1) is 11.3 Å². The van der Waals surface area contributed by atoms with Gasteiger partial charge in [-0.3, -0.25) is 0 Å². The summed E-state index contributed by atoms with van der Waals surface area (Å²) >= 11 is 0. The Hall–Kier alpha value is -0.0900. The van der Waals surface area contributed by atoms with E-state index in [4.69, 9.17) is 5.73 Å². The second-order valence-corrected chi connectivity index (χ2v) is 6.72. The van der Waals surface area contributed by atoms with E-state index in [-0.39, 0.29) is 5.41 Å². The predicted octanol–water partition coefficient (Wildman–Crippen LogP) is 0.550. The minimum absolute atomic E-state index is 0.163. The van der Waals surface area contributed by atoms with Gasteiger partial charge in [0.15, 0.2) is 9.84 Å². The van der Waals surface area contributed by atoms with Crippen LogP contribution >= 0.6 is 0 Å². The first-order chi connectivity index (χ1) is 6.08. The van der Waals surface area contributed by atoms with Gasteiger partial charge in [0.1, 0.15) is 0 Å². The highest BCUT2D eigenvalue weighted by molar-refractivity contribution is 7.91. The van der Waals surface area contributed by atoms with E-state index in [0.29, 0.717) is 24.0 Å². The number of nitrogens with two attached hydrogens (primary N) is 1. The molecule has 2 fully saturated rings. The van der Waals surface area contributed by atoms with Gasteiger partial charge in [0, 0.05) is 0 Å². The molecule has 2 atom stereocenters. The fraction of sp³-hybridized carbons (Fsp3) is 1.00. The van der Waals surface area contributed by atoms with Crippen LogP contribution in [0.2, 0.25) is 0 Å². The Morgan fingerprint density at radius 3 is 2.85 bits per heavy atom. The fourth-order valence-electron chi connectivity index (χ4n) is 2.75. The molecule has 2 aliphatic rings. The van der Waals surface area contributed by atoms with E-state index in [9.17, 15) is 8.42 Å². The van der Waals surface area contributed by atoms with Gasteiger partial charge >= 0.3 is 0 Å². The van der Waals surface area contributed by atoms with Crippen molar-refractivity contribution >= 4 is 9.84 Å². The molecule has 2 unspecified atom stereocenters. The molecule has 4 heteroatoms. The number of hydrogen-bond acceptors (Lipinski definition) is 3. The molecule has 2 rings (SSSR count). The Labute approximate surface area is 79.6 Å². The van der Waals surface area contributed by atoms with Gasteiger partial charge in [-0.1, -0.05) is 0 Å². The van der Waals surface area contributed by atoms with Crippen LogP contribution in [-0.2, 0) is 9.84 Å². The molecule has 0 aromatic carbocycles. The Morgan fingerprint density at radius 2 is 2.23 bits per heavy atom. The average Bonchev–Trinajstić information content (AvgIpc) is 2.61. The van der Waals surface area contributed by atoms with E-state index in [1.54, 1.807) is 0 Å². The highest BCUT2D eigenvalue weighted by Crippen LogP contribution is 2.59. The van der Waals surface area contributed by atoms with E-state index < -0.39 is 9.84 Å². The first-order valence-corrected chi connectivity index (χ1v) is 6.81. The van der Waals surface area contributed by atoms with Crippen molar-refractivity contribution in [2.24, 2.45) is 17.1 Å². The third-order valence-electron chi connectivity index (χ3n) is 3.51. The number of hydrogen-bond donors (Lipinski definition) is 1. The first-order valence-electron chi connectivity index (χ1n) is 4.98. The summed E-state index contributed by atoms with van der Waals surface area (Å²) in [6.45, 7) is 0.701. The van der Waals surface area contributed by atoms with Crippen molar-refractivity contribution in [2.75, 3.05) is 18.1 Å². The lowest BCUT2D eigenvalue weighted by Gasteiger charge is -2.22. The summed E-state index contributed by atoms with van der Waals surface area (Å²) in [5.74, 6) is 1.45. The van der Waals surface area contributed by atoms with Gasteiger partial charge in [-0.2, -0.15) is 0 Å². The zero-order valence-corrected chi connectivity index (χ0v) is 8.65. The van der Waals surface area contributed by atoms with Gasteiger partial charge < -0.3 is 5.73 Å². The average molecular weight is 203 g/mol. The summed E-state index contributed by atoms with van der Waals surface area (Å²) in [5, 5.41) is 0. The van der Waals surface area contributed by atoms with Crippen molar-refractivity contribution in [3.8, 4) is 0 Å². The van der Waals surface area contributed by atoms with E-state index in [2.05, 4.69) is 0 Å². The Morgan fingerprint density at radius 1 is 1.46 bits per heavy atom. The number of rotatable bonds is 2. The molecule has 1 spiro atoms. The van der Waals surface area contributed by atoms with Crippen LogP contribution in [0.4, 0.5) is 0 Å². The van der Waals surface area contributed by atoms with Gasteiger partial charge in [-0.05, 0) is 43.6 Å². The predicted molar refractivity (Wildman–Crippen MR) is 52.1 cm³/mol. The molecule has 13 heavy (non-hydrogen) atoms. The molecule has 3 nitrogen and oxygen atoms in total. The molecule has 0 aromatic heterocycles. The van der Waals surface area contributed by atoms with E-state index in [0.717, 1.165) is 25.7 Å². The maximum absolute atomic E-state index is 11.4. The topological polar surface area (TPSA) is 60.2 Å². The van der Waals surface area contributed by atoms with Crippen LogP contribution in [0.25, 0.3) is 0 Å². The third-order valence-corrected chi connectivity index (χ3v) is 5.44. The lowest BCUT2D eigenvalue weighted by Crippen LogP contribution is -2.28. The SMILES string of the molecule is NCCC1CC12CCCS(=O)(=O)C2. The van der Waals surface area contributed by atoms with Crippen LogP contribution in [0.1, 0.15) is 25.7 Å². The van der Waals surface area contributed by atoms with Crippen LogP contribution in [0.3, 0.4) is 0 Å². The van der Waals surface area contributed by atoms with Crippen molar-refractivity contribution in [1.29, 1.82) is 0 Å². The fourth-order valence-corrected chi connectivity index (χ4v) is 4.85. The molecule has 2 N–H and O–H groups in total. The number of sulfone groups is 1. The molecule has 1 aliphatic carbocycles. The van der Waals surface area contributed by atoms with Crippen molar-refractivity contribution in [2.45, 2.75) is 25.7 Å². The highest BCUT2D eigenvalue weighted by Gasteiger charge is 2.56. The molecular weight excluding hydrogens is 186 g/mol. The van der Waals surface area contributed by atoms with E-state index >= 15 is 0 Å². The third kappa shape index (κ3) is 1.74. The summed E-state index contributed by atoms with van der Waals surface area (Å²) in [6, 6.07) is 0. The second-order valence-electron chi connectivity index (χ2n) is 4.54. The molecule has 1 aliphatic heterocycles. The van der Waals surface area contributed by atoms with Gasteiger partial charge in [-0.25, -0.2) is 8.42 Å². The van der Waals surface area contributed by atoms with Crippen LogP contribution in [-0.4, -0.2) is 26.5 Å². The Balaban J connectivity index is 2.03. The smallest absolute Gasteiger partial charge is 0.150 e. The minimum atomic E-state index is -2.72. The zero-order valence-electron chi connectivity index (χ0n) is 7.83. The normalized spacial score (nSPS) is 42.1. The molecule has 0 aromatic rings. The largest absolute Gasteiger partial charge is 0.330 e. The zero-order chi connectivity index (χ0) is 9.53. The summed E-state index contributed by atoms with van der Waals surface area (Å²) < 4.78 is 22.8. The molecule has 0 bridgehead atoms. The molecular formula is C9H17NO2S. The van der Waals surface area contributed by atoms with Crippen LogP contribution in [0.15, 0.2) is 0 Å². The van der Waals surface area contributed by atoms with Crippen molar-refractivity contribution in [1.82, 2.24) is 0 Å². The van der Waals surface area contributed by atoms with Crippen molar-refractivity contribution in [3.05, 3.63) is 0 Å². The monoisotopic (exact) mass is 203 g/mol. The first kappa shape index (κ1) is 9.46. The van der Waals surface area contributed by atoms with E-state index in [1.165, 1.54) is 0 Å². The molecule has 1 saturated heterocycles. The summed E-state index contributed by atoms with van der Waals surface area (Å²) in [5.41, 5.74) is 5.64. The van der Waals surface area contributed by atoms with Crippen molar-refractivity contribution in [3.63, 3.8) is 0 Å². The van der Waals surface area contributed by atoms with Gasteiger partial charge in [0.2, 0.25) is 0 Å². The Bertz CT molecular complexity index is 299. The quantitative estimate of drug-likeness (QED) is 0.713. The van der Waals surface area contributed by atoms with E-state index in [1.807, 2.05) is 0 Å². The van der Waals surface area contributed by atoms with Gasteiger partial charge in [0.05, 0.1) is 11.5 Å². The molecule has 0 amide bonds. The van der Waals surface area contributed by atoms with Crippen LogP contribution in [0.5, 0.6) is 0 Å². The standard InChI is InChI=1S/C9H17NO2S/c10-4-2-8-6-9(8)3-1-5-13(11,12)7-9/h8H,1-7,10H2. The second kappa shape index (κ2) is 2.95. The molecule has 0 radical (unpaired) electrons. The molecule has 1 heterocycles. The van der Waals surface area contributed by atoms with Gasteiger partial charge in [-0.15, -0.1) is 0 Å². The summed E-state index contributed by atoms with van der Waals surface area (Å²) in [6.07, 6.45) is 4.08. The maximum Gasteiger partial charge on any atom is 0.150 e. The summed E-state index contributed by atoms with van der Waals surface area (Å²) in [7, 11) is -2.72. The highest BCUT2D eigenvalue weighted by atomic mass is 32.2. The Kier molecular flexibility index (Phi) is 2.15. The van der Waals surface area contributed by atoms with Gasteiger partial charge in [0.25, 0.3) is 0 Å². The lowest BCUT2D eigenvalue weighted by atomic mass is 9.98. The lowest BCUT2D eigenvalue weighted by molar-refractivity contribution is 0.423. The molecule has 1 saturated carbocycles. The van der Waals surface area contributed by atoms with Crippen LogP contribution < -0.4 is 5.73 Å².